The van der Waals surface area contributed by atoms with Gasteiger partial charge in [-0.25, -0.2) is 18.4 Å². The van der Waals surface area contributed by atoms with Gasteiger partial charge in [-0.05, 0) is 33.5 Å². The number of fused-ring (bicyclic) bond motifs is 1. The van der Waals surface area contributed by atoms with Crippen molar-refractivity contribution in [3.8, 4) is 11.6 Å². The van der Waals surface area contributed by atoms with E-state index in [9.17, 15) is 8.78 Å². The summed E-state index contributed by atoms with van der Waals surface area (Å²) in [4.78, 5) is 3.61. The molecule has 3 aromatic rings. The van der Waals surface area contributed by atoms with Crippen molar-refractivity contribution in [3.63, 3.8) is 0 Å². The Morgan fingerprint density at radius 3 is 2.67 bits per heavy atom. The lowest BCUT2D eigenvalue weighted by molar-refractivity contribution is 0.327. The van der Waals surface area contributed by atoms with Crippen molar-refractivity contribution in [2.24, 2.45) is 5.41 Å². The van der Waals surface area contributed by atoms with Crippen LogP contribution in [0.2, 0.25) is 0 Å². The van der Waals surface area contributed by atoms with Gasteiger partial charge in [0.15, 0.2) is 5.82 Å². The lowest BCUT2D eigenvalue weighted by Crippen LogP contribution is -2.16. The van der Waals surface area contributed by atoms with Crippen LogP contribution in [-0.2, 0) is 6.54 Å². The van der Waals surface area contributed by atoms with Gasteiger partial charge in [-0.15, -0.1) is 5.10 Å². The molecular formula is C16H15BrF2N4O. The standard InChI is InChI=1S/C16H15BrF2N4O/c1-16(2,3)8-23-11-4-5-12(13(17)14(11)21-22-23)24-15-10(19)6-9(18)7-20-15/h4-7H,8H2,1-3H3. The molecule has 126 valence electrons. The Balaban J connectivity index is 1.97. The maximum atomic E-state index is 13.7. The number of nitrogens with zero attached hydrogens (tertiary/aromatic N) is 4. The van der Waals surface area contributed by atoms with E-state index in [-0.39, 0.29) is 11.3 Å². The molecule has 2 heterocycles. The molecule has 24 heavy (non-hydrogen) atoms. The van der Waals surface area contributed by atoms with Crippen LogP contribution >= 0.6 is 15.9 Å². The molecule has 0 spiro atoms. The highest BCUT2D eigenvalue weighted by Gasteiger charge is 2.18. The molecule has 0 unspecified atom stereocenters. The second-order valence-electron chi connectivity index (χ2n) is 6.60. The van der Waals surface area contributed by atoms with E-state index < -0.39 is 11.6 Å². The normalized spacial score (nSPS) is 11.9. The molecule has 3 rings (SSSR count). The summed E-state index contributed by atoms with van der Waals surface area (Å²) in [6.07, 6.45) is 0.893. The lowest BCUT2D eigenvalue weighted by atomic mass is 9.97. The Hall–Kier alpha value is -2.09. The Bertz CT molecular complexity index is 905. The summed E-state index contributed by atoms with van der Waals surface area (Å²) in [7, 11) is 0. The van der Waals surface area contributed by atoms with Crippen molar-refractivity contribution in [2.45, 2.75) is 27.3 Å². The van der Waals surface area contributed by atoms with Gasteiger partial charge >= 0.3 is 0 Å². The highest BCUT2D eigenvalue weighted by molar-refractivity contribution is 9.10. The van der Waals surface area contributed by atoms with E-state index in [1.165, 1.54) is 0 Å². The van der Waals surface area contributed by atoms with Gasteiger partial charge in [0.25, 0.3) is 5.88 Å². The zero-order valence-corrected chi connectivity index (χ0v) is 14.9. The van der Waals surface area contributed by atoms with Gasteiger partial charge in [-0.3, -0.25) is 0 Å². The molecule has 0 atom stereocenters. The van der Waals surface area contributed by atoms with Crippen LogP contribution in [0, 0.1) is 17.0 Å². The van der Waals surface area contributed by atoms with Gasteiger partial charge in [-0.2, -0.15) is 0 Å². The molecular weight excluding hydrogens is 382 g/mol. The van der Waals surface area contributed by atoms with Crippen LogP contribution in [0.1, 0.15) is 20.8 Å². The fourth-order valence-electron chi connectivity index (χ4n) is 2.21. The predicted molar refractivity (Wildman–Crippen MR) is 88.9 cm³/mol. The fourth-order valence-corrected chi connectivity index (χ4v) is 2.71. The van der Waals surface area contributed by atoms with Crippen LogP contribution in [-0.4, -0.2) is 20.0 Å². The molecule has 0 bridgehead atoms. The molecule has 0 radical (unpaired) electrons. The number of ether oxygens (including phenoxy) is 1. The van der Waals surface area contributed by atoms with Crippen LogP contribution in [0.25, 0.3) is 11.0 Å². The summed E-state index contributed by atoms with van der Waals surface area (Å²) in [6, 6.07) is 4.18. The molecule has 2 aromatic heterocycles. The number of aromatic nitrogens is 4. The monoisotopic (exact) mass is 396 g/mol. The number of pyridine rings is 1. The summed E-state index contributed by atoms with van der Waals surface area (Å²) in [6.45, 7) is 7.02. The number of benzene rings is 1. The Kier molecular flexibility index (Phi) is 4.25. The first-order chi connectivity index (χ1) is 11.2. The number of hydrogen-bond acceptors (Lipinski definition) is 4. The molecule has 5 nitrogen and oxygen atoms in total. The van der Waals surface area contributed by atoms with E-state index in [1.807, 2.05) is 0 Å². The largest absolute Gasteiger partial charge is 0.435 e. The zero-order chi connectivity index (χ0) is 17.5. The van der Waals surface area contributed by atoms with Crippen molar-refractivity contribution < 1.29 is 13.5 Å². The summed E-state index contributed by atoms with van der Waals surface area (Å²) in [5.41, 5.74) is 1.47. The molecule has 0 amide bonds. The summed E-state index contributed by atoms with van der Waals surface area (Å²) in [5.74, 6) is -1.63. The first kappa shape index (κ1) is 16.8. The van der Waals surface area contributed by atoms with Crippen molar-refractivity contribution in [1.82, 2.24) is 20.0 Å². The molecule has 8 heteroatoms. The van der Waals surface area contributed by atoms with Crippen molar-refractivity contribution in [1.29, 1.82) is 0 Å². The lowest BCUT2D eigenvalue weighted by Gasteiger charge is -2.18. The predicted octanol–water partition coefficient (Wildman–Crippen LogP) is 4.71. The third kappa shape index (κ3) is 3.38. The van der Waals surface area contributed by atoms with E-state index in [0.29, 0.717) is 28.4 Å². The summed E-state index contributed by atoms with van der Waals surface area (Å²) in [5, 5.41) is 8.31. The van der Waals surface area contributed by atoms with E-state index in [1.54, 1.807) is 16.8 Å². The van der Waals surface area contributed by atoms with E-state index >= 15 is 0 Å². The minimum Gasteiger partial charge on any atom is -0.435 e. The molecule has 0 aliphatic heterocycles. The molecule has 0 aliphatic carbocycles. The quantitative estimate of drug-likeness (QED) is 0.643. The van der Waals surface area contributed by atoms with Crippen LogP contribution in [0.4, 0.5) is 8.78 Å². The first-order valence-corrected chi connectivity index (χ1v) is 8.04. The molecule has 1 aromatic carbocycles. The van der Waals surface area contributed by atoms with Crippen LogP contribution in [0.5, 0.6) is 11.6 Å². The first-order valence-electron chi connectivity index (χ1n) is 7.25. The van der Waals surface area contributed by atoms with Gasteiger partial charge in [0.05, 0.1) is 16.2 Å². The Labute approximate surface area is 145 Å². The summed E-state index contributed by atoms with van der Waals surface area (Å²) < 4.78 is 34.4. The third-order valence-electron chi connectivity index (χ3n) is 3.19. The van der Waals surface area contributed by atoms with Crippen molar-refractivity contribution in [3.05, 3.63) is 40.5 Å². The maximum absolute atomic E-state index is 13.7. The summed E-state index contributed by atoms with van der Waals surface area (Å²) >= 11 is 3.41. The molecule has 0 saturated heterocycles. The van der Waals surface area contributed by atoms with Crippen molar-refractivity contribution in [2.75, 3.05) is 0 Å². The van der Waals surface area contributed by atoms with Gasteiger partial charge in [0.1, 0.15) is 17.1 Å². The minimum atomic E-state index is -0.876. The van der Waals surface area contributed by atoms with Gasteiger partial charge < -0.3 is 4.74 Å². The second kappa shape index (κ2) is 6.08. The topological polar surface area (TPSA) is 52.8 Å². The average molecular weight is 397 g/mol. The van der Waals surface area contributed by atoms with Crippen LogP contribution < -0.4 is 4.74 Å². The van der Waals surface area contributed by atoms with Crippen molar-refractivity contribution >= 4 is 27.0 Å². The van der Waals surface area contributed by atoms with Crippen LogP contribution in [0.3, 0.4) is 0 Å². The van der Waals surface area contributed by atoms with Gasteiger partial charge in [-0.1, -0.05) is 26.0 Å². The fraction of sp³-hybridized carbons (Fsp3) is 0.312. The second-order valence-corrected chi connectivity index (χ2v) is 7.39. The van der Waals surface area contributed by atoms with Gasteiger partial charge in [0, 0.05) is 12.6 Å². The number of halogens is 3. The minimum absolute atomic E-state index is 0.0451. The van der Waals surface area contributed by atoms with E-state index in [4.69, 9.17) is 4.74 Å². The maximum Gasteiger partial charge on any atom is 0.256 e. The molecule has 0 saturated carbocycles. The van der Waals surface area contributed by atoms with Crippen LogP contribution in [0.15, 0.2) is 28.9 Å². The number of hydrogen-bond donors (Lipinski definition) is 0. The van der Waals surface area contributed by atoms with E-state index in [2.05, 4.69) is 52.0 Å². The van der Waals surface area contributed by atoms with E-state index in [0.717, 1.165) is 11.7 Å². The number of rotatable bonds is 3. The Morgan fingerprint density at radius 2 is 2.00 bits per heavy atom. The van der Waals surface area contributed by atoms with Gasteiger partial charge in [0.2, 0.25) is 0 Å². The smallest absolute Gasteiger partial charge is 0.256 e. The SMILES string of the molecule is CC(C)(C)Cn1nnc2c(Br)c(Oc3ncc(F)cc3F)ccc21. The third-order valence-corrected chi connectivity index (χ3v) is 3.96. The highest BCUT2D eigenvalue weighted by atomic mass is 79.9. The Morgan fingerprint density at radius 1 is 1.25 bits per heavy atom. The highest BCUT2D eigenvalue weighted by Crippen LogP contribution is 2.35. The average Bonchev–Trinajstić information content (AvgIpc) is 2.86. The molecule has 0 fully saturated rings. The molecule has 0 N–H and O–H groups in total. The molecule has 0 aliphatic rings. The zero-order valence-electron chi connectivity index (χ0n) is 13.3.